The summed E-state index contributed by atoms with van der Waals surface area (Å²) in [7, 11) is -3.04. The summed E-state index contributed by atoms with van der Waals surface area (Å²) in [5.74, 6) is 7.20. The molecule has 0 radical (unpaired) electrons. The lowest BCUT2D eigenvalue weighted by atomic mass is 9.87. The summed E-state index contributed by atoms with van der Waals surface area (Å²) in [5, 5.41) is 3.31. The number of nitrogens with one attached hydrogen (secondary N) is 1. The molecule has 1 aliphatic carbocycles. The summed E-state index contributed by atoms with van der Waals surface area (Å²) < 4.78 is 25.0. The third kappa shape index (κ3) is 4.65. The molecule has 2 fully saturated rings. The summed E-state index contributed by atoms with van der Waals surface area (Å²) in [6.07, 6.45) is 4.70. The van der Waals surface area contributed by atoms with Gasteiger partial charge in [0, 0.05) is 25.2 Å². The minimum atomic E-state index is -3.04. The van der Waals surface area contributed by atoms with Gasteiger partial charge in [-0.3, -0.25) is 0 Å². The second kappa shape index (κ2) is 8.79. The van der Waals surface area contributed by atoms with Crippen molar-refractivity contribution in [2.75, 3.05) is 31.9 Å². The van der Waals surface area contributed by atoms with Crippen molar-refractivity contribution in [3.63, 3.8) is 0 Å². The second-order valence-electron chi connectivity index (χ2n) is 7.32. The molecule has 1 spiro atoms. The Kier molecular flexibility index (Phi) is 6.43. The summed E-state index contributed by atoms with van der Waals surface area (Å²) in [5.41, 5.74) is 0.975. The summed E-state index contributed by atoms with van der Waals surface area (Å²) in [6, 6.07) is 9.86. The number of hydrogen-bond donors (Lipinski definition) is 1. The predicted octanol–water partition coefficient (Wildman–Crippen LogP) is 2.44. The molecule has 1 aromatic carbocycles. The topological polar surface area (TPSA) is 61.8 Å². The van der Waals surface area contributed by atoms with Crippen LogP contribution in [0.4, 0.5) is 0 Å². The molecule has 0 bridgehead atoms. The zero-order valence-electron chi connectivity index (χ0n) is 16.1. The average Bonchev–Trinajstić information content (AvgIpc) is 2.68. The van der Waals surface area contributed by atoms with E-state index in [1.807, 2.05) is 37.3 Å². The van der Waals surface area contributed by atoms with Crippen LogP contribution in [0.3, 0.4) is 0 Å². The highest BCUT2D eigenvalue weighted by molar-refractivity contribution is 7.92. The maximum absolute atomic E-state index is 12.8. The summed E-state index contributed by atoms with van der Waals surface area (Å²) in [6.45, 7) is 4.23. The van der Waals surface area contributed by atoms with Crippen molar-refractivity contribution in [2.45, 2.75) is 43.8 Å². The van der Waals surface area contributed by atoms with Gasteiger partial charge in [-0.25, -0.2) is 13.4 Å². The Morgan fingerprint density at radius 1 is 1.22 bits per heavy atom. The van der Waals surface area contributed by atoms with Crippen LogP contribution in [-0.4, -0.2) is 56.0 Å². The van der Waals surface area contributed by atoms with E-state index in [1.165, 1.54) is 0 Å². The normalized spacial score (nSPS) is 21.4. The van der Waals surface area contributed by atoms with Crippen LogP contribution in [0.1, 0.15) is 44.6 Å². The van der Waals surface area contributed by atoms with Gasteiger partial charge in [0.05, 0.1) is 10.5 Å². The van der Waals surface area contributed by atoms with Crippen LogP contribution in [0.2, 0.25) is 0 Å². The van der Waals surface area contributed by atoms with E-state index in [4.69, 9.17) is 0 Å². The standard InChI is InChI=1S/C21H29N3O2S/c1-2-22-20(23-15-9-12-19-10-5-3-6-11-19)24-16-17-27(25,26)21(18-24)13-7-4-8-14-21/h3,5-6,10-11H,2,4,7-8,13-18H2,1H3,(H,22,23). The fourth-order valence-corrected chi connectivity index (χ4v) is 6.18. The maximum Gasteiger partial charge on any atom is 0.194 e. The van der Waals surface area contributed by atoms with Gasteiger partial charge in [-0.15, -0.1) is 0 Å². The monoisotopic (exact) mass is 387 g/mol. The lowest BCUT2D eigenvalue weighted by Crippen LogP contribution is -2.60. The molecule has 1 aliphatic heterocycles. The third-order valence-corrected chi connectivity index (χ3v) is 8.06. The average molecular weight is 388 g/mol. The molecule has 0 atom stereocenters. The Balaban J connectivity index is 1.73. The van der Waals surface area contributed by atoms with Gasteiger partial charge in [-0.2, -0.15) is 0 Å². The molecule has 146 valence electrons. The highest BCUT2D eigenvalue weighted by atomic mass is 32.2. The number of aliphatic imine (C=N–C) groups is 1. The van der Waals surface area contributed by atoms with Crippen molar-refractivity contribution in [2.24, 2.45) is 4.99 Å². The number of hydrogen-bond acceptors (Lipinski definition) is 3. The molecule has 27 heavy (non-hydrogen) atoms. The molecule has 1 N–H and O–H groups in total. The Morgan fingerprint density at radius 3 is 2.67 bits per heavy atom. The van der Waals surface area contributed by atoms with E-state index in [9.17, 15) is 8.42 Å². The molecule has 6 heteroatoms. The van der Waals surface area contributed by atoms with Crippen LogP contribution in [-0.2, 0) is 9.84 Å². The van der Waals surface area contributed by atoms with Crippen molar-refractivity contribution in [1.29, 1.82) is 0 Å². The fraction of sp³-hybridized carbons (Fsp3) is 0.571. The maximum atomic E-state index is 12.8. The summed E-state index contributed by atoms with van der Waals surface area (Å²) in [4.78, 5) is 6.77. The van der Waals surface area contributed by atoms with Gasteiger partial charge >= 0.3 is 0 Å². The second-order valence-corrected chi connectivity index (χ2v) is 9.83. The number of rotatable bonds is 2. The van der Waals surface area contributed by atoms with E-state index in [0.29, 0.717) is 19.6 Å². The molecule has 0 amide bonds. The molecule has 0 unspecified atom stereocenters. The first kappa shape index (κ1) is 19.8. The number of sulfone groups is 1. The van der Waals surface area contributed by atoms with E-state index in [-0.39, 0.29) is 5.75 Å². The Bertz CT molecular complexity index is 816. The molecule has 5 nitrogen and oxygen atoms in total. The lowest BCUT2D eigenvalue weighted by Gasteiger charge is -2.45. The smallest absolute Gasteiger partial charge is 0.194 e. The number of nitrogens with zero attached hydrogens (tertiary/aromatic N) is 2. The third-order valence-electron chi connectivity index (χ3n) is 5.48. The van der Waals surface area contributed by atoms with Crippen LogP contribution in [0.5, 0.6) is 0 Å². The Labute approximate surface area is 163 Å². The zero-order chi connectivity index (χ0) is 19.2. The molecule has 2 aliphatic rings. The van der Waals surface area contributed by atoms with Crippen LogP contribution in [0.15, 0.2) is 35.3 Å². The molecular formula is C21H29N3O2S. The van der Waals surface area contributed by atoms with Crippen LogP contribution in [0.25, 0.3) is 0 Å². The quantitative estimate of drug-likeness (QED) is 0.481. The SMILES string of the molecule is CCNC(=NCC#Cc1ccccc1)N1CCS(=O)(=O)C2(CCCCC2)C1. The predicted molar refractivity (Wildman–Crippen MR) is 110 cm³/mol. The number of guanidine groups is 1. The molecule has 1 aromatic rings. The van der Waals surface area contributed by atoms with Crippen molar-refractivity contribution >= 4 is 15.8 Å². The highest BCUT2D eigenvalue weighted by Crippen LogP contribution is 2.38. The van der Waals surface area contributed by atoms with E-state index in [0.717, 1.165) is 50.2 Å². The van der Waals surface area contributed by atoms with Crippen molar-refractivity contribution in [3.05, 3.63) is 35.9 Å². The van der Waals surface area contributed by atoms with Gasteiger partial charge in [0.1, 0.15) is 6.54 Å². The first-order chi connectivity index (χ1) is 13.1. The van der Waals surface area contributed by atoms with Crippen LogP contribution >= 0.6 is 0 Å². The Hall–Kier alpha value is -2.00. The van der Waals surface area contributed by atoms with Crippen molar-refractivity contribution in [3.8, 4) is 11.8 Å². The highest BCUT2D eigenvalue weighted by Gasteiger charge is 2.48. The van der Waals surface area contributed by atoms with E-state index in [1.54, 1.807) is 0 Å². The van der Waals surface area contributed by atoms with Gasteiger partial charge in [-0.05, 0) is 31.9 Å². The van der Waals surface area contributed by atoms with Crippen LogP contribution in [0, 0.1) is 11.8 Å². The van der Waals surface area contributed by atoms with Gasteiger partial charge in [0.25, 0.3) is 0 Å². The van der Waals surface area contributed by atoms with Crippen molar-refractivity contribution in [1.82, 2.24) is 10.2 Å². The van der Waals surface area contributed by atoms with Gasteiger partial charge < -0.3 is 10.2 Å². The molecule has 0 aromatic heterocycles. The van der Waals surface area contributed by atoms with Crippen LogP contribution < -0.4 is 5.32 Å². The lowest BCUT2D eigenvalue weighted by molar-refractivity contribution is 0.274. The zero-order valence-corrected chi connectivity index (χ0v) is 16.9. The largest absolute Gasteiger partial charge is 0.356 e. The van der Waals surface area contributed by atoms with E-state index < -0.39 is 14.6 Å². The molecule has 3 rings (SSSR count). The molecule has 1 saturated heterocycles. The molecule has 1 saturated carbocycles. The Morgan fingerprint density at radius 2 is 1.96 bits per heavy atom. The molecular weight excluding hydrogens is 358 g/mol. The van der Waals surface area contributed by atoms with Gasteiger partial charge in [0.15, 0.2) is 15.8 Å². The first-order valence-corrected chi connectivity index (χ1v) is 11.5. The van der Waals surface area contributed by atoms with Gasteiger partial charge in [-0.1, -0.05) is 49.3 Å². The van der Waals surface area contributed by atoms with Gasteiger partial charge in [0.2, 0.25) is 0 Å². The minimum Gasteiger partial charge on any atom is -0.356 e. The van der Waals surface area contributed by atoms with E-state index >= 15 is 0 Å². The van der Waals surface area contributed by atoms with E-state index in [2.05, 4.69) is 27.0 Å². The first-order valence-electron chi connectivity index (χ1n) is 9.86. The summed E-state index contributed by atoms with van der Waals surface area (Å²) >= 11 is 0. The number of benzene rings is 1. The minimum absolute atomic E-state index is 0.215. The van der Waals surface area contributed by atoms with Crippen molar-refractivity contribution < 1.29 is 8.42 Å². The fourth-order valence-electron chi connectivity index (χ4n) is 4.02. The molecule has 1 heterocycles.